The van der Waals surface area contributed by atoms with Gasteiger partial charge in [0.2, 0.25) is 0 Å². The Morgan fingerprint density at radius 1 is 0.938 bits per heavy atom. The van der Waals surface area contributed by atoms with E-state index in [1.807, 2.05) is 0 Å². The van der Waals surface area contributed by atoms with Crippen molar-refractivity contribution in [2.75, 3.05) is 6.54 Å². The Morgan fingerprint density at radius 3 is 2.31 bits per heavy atom. The monoisotopic (exact) mass is 435 g/mol. The number of H-pyrrole nitrogens is 1. The maximum absolute atomic E-state index is 13.8. The highest BCUT2D eigenvalue weighted by Gasteiger charge is 2.33. The van der Waals surface area contributed by atoms with E-state index in [2.05, 4.69) is 9.97 Å². The second kappa shape index (κ2) is 8.78. The van der Waals surface area contributed by atoms with Gasteiger partial charge in [-0.15, -0.1) is 0 Å². The van der Waals surface area contributed by atoms with E-state index in [0.717, 1.165) is 12.1 Å². The molecule has 4 rings (SSSR count). The van der Waals surface area contributed by atoms with E-state index in [-0.39, 0.29) is 23.5 Å². The van der Waals surface area contributed by atoms with Crippen LogP contribution in [0.5, 0.6) is 0 Å². The Balaban J connectivity index is 1.83. The van der Waals surface area contributed by atoms with E-state index in [4.69, 9.17) is 5.73 Å². The van der Waals surface area contributed by atoms with Crippen LogP contribution >= 0.6 is 0 Å². The number of carbonyl (C=O) groups is 2. The third kappa shape index (κ3) is 4.18. The summed E-state index contributed by atoms with van der Waals surface area (Å²) in [6, 6.07) is 15.5. The average Bonchev–Trinajstić information content (AvgIpc) is 3.21. The number of hydrogen-bond donors (Lipinski definition) is 3. The molecule has 1 aromatic heterocycles. The number of halogens is 2. The van der Waals surface area contributed by atoms with Gasteiger partial charge in [0.15, 0.2) is 11.6 Å². The third-order valence-electron chi connectivity index (χ3n) is 5.13. The van der Waals surface area contributed by atoms with Gasteiger partial charge in [0.1, 0.15) is 23.4 Å². The van der Waals surface area contributed by atoms with Crippen molar-refractivity contribution in [2.24, 2.45) is 5.73 Å². The number of nitrogens with one attached hydrogen (secondary N) is 1. The molecule has 0 saturated carbocycles. The number of ketones is 2. The minimum absolute atomic E-state index is 0.0495. The molecule has 0 aliphatic heterocycles. The Morgan fingerprint density at radius 2 is 1.62 bits per heavy atom. The lowest BCUT2D eigenvalue weighted by atomic mass is 9.88. The second-order valence-electron chi connectivity index (χ2n) is 7.34. The predicted molar refractivity (Wildman–Crippen MR) is 114 cm³/mol. The van der Waals surface area contributed by atoms with Gasteiger partial charge in [-0.05, 0) is 35.9 Å². The number of nitrogens with two attached hydrogens (primary N) is 1. The van der Waals surface area contributed by atoms with E-state index in [1.165, 1.54) is 12.1 Å². The van der Waals surface area contributed by atoms with Crippen LogP contribution in [0.3, 0.4) is 0 Å². The molecule has 0 bridgehead atoms. The van der Waals surface area contributed by atoms with Gasteiger partial charge in [0, 0.05) is 23.7 Å². The maximum Gasteiger partial charge on any atom is 0.181 e. The molecule has 1 heterocycles. The van der Waals surface area contributed by atoms with Gasteiger partial charge in [-0.25, -0.2) is 13.8 Å². The Hall–Kier alpha value is -3.75. The second-order valence-corrected chi connectivity index (χ2v) is 7.34. The largest absolute Gasteiger partial charge is 0.387 e. The number of rotatable bonds is 7. The van der Waals surface area contributed by atoms with Crippen molar-refractivity contribution >= 4 is 22.6 Å². The van der Waals surface area contributed by atoms with Gasteiger partial charge >= 0.3 is 0 Å². The van der Waals surface area contributed by atoms with Gasteiger partial charge in [0.25, 0.3) is 0 Å². The summed E-state index contributed by atoms with van der Waals surface area (Å²) in [6.45, 7) is -0.0495. The molecule has 162 valence electrons. The van der Waals surface area contributed by atoms with Crippen molar-refractivity contribution in [3.63, 3.8) is 0 Å². The third-order valence-corrected chi connectivity index (χ3v) is 5.13. The van der Waals surface area contributed by atoms with Crippen molar-refractivity contribution in [1.29, 1.82) is 0 Å². The number of aromatic amines is 1. The Labute approximate surface area is 181 Å². The lowest BCUT2D eigenvalue weighted by Crippen LogP contribution is -2.24. The van der Waals surface area contributed by atoms with Crippen LogP contribution < -0.4 is 5.73 Å². The summed E-state index contributed by atoms with van der Waals surface area (Å²) in [7, 11) is 0. The van der Waals surface area contributed by atoms with Crippen LogP contribution in [-0.2, 0) is 0 Å². The molecular formula is C24H19F2N3O3. The molecule has 0 radical (unpaired) electrons. The summed E-state index contributed by atoms with van der Waals surface area (Å²) in [5.74, 6) is -4.74. The zero-order valence-electron chi connectivity index (χ0n) is 16.8. The smallest absolute Gasteiger partial charge is 0.181 e. The fraction of sp³-hybridized carbons (Fsp3) is 0.125. The molecule has 4 aromatic rings. The molecule has 3 aromatic carbocycles. The molecule has 2 unspecified atom stereocenters. The summed E-state index contributed by atoms with van der Waals surface area (Å²) >= 11 is 0. The molecule has 0 aliphatic carbocycles. The number of carbonyl (C=O) groups excluding carboxylic acids is 2. The molecule has 0 amide bonds. The fourth-order valence-corrected chi connectivity index (χ4v) is 3.54. The minimum atomic E-state index is -1.48. The van der Waals surface area contributed by atoms with E-state index in [0.29, 0.717) is 22.7 Å². The average molecular weight is 435 g/mol. The first kappa shape index (κ1) is 21.5. The number of aromatic nitrogens is 2. The molecule has 0 saturated heterocycles. The number of hydrogen-bond acceptors (Lipinski definition) is 5. The fourth-order valence-electron chi connectivity index (χ4n) is 3.54. The van der Waals surface area contributed by atoms with Crippen LogP contribution in [0.1, 0.15) is 44.1 Å². The molecule has 0 aliphatic rings. The Bertz CT molecular complexity index is 1270. The summed E-state index contributed by atoms with van der Waals surface area (Å²) in [5.41, 5.74) is 6.88. The quantitative estimate of drug-likeness (QED) is 0.303. The molecule has 2 atom stereocenters. The van der Waals surface area contributed by atoms with E-state index in [1.54, 1.807) is 36.4 Å². The van der Waals surface area contributed by atoms with E-state index in [9.17, 15) is 23.5 Å². The van der Waals surface area contributed by atoms with Crippen molar-refractivity contribution < 1.29 is 23.5 Å². The summed E-state index contributed by atoms with van der Waals surface area (Å²) in [4.78, 5) is 34.2. The van der Waals surface area contributed by atoms with Crippen LogP contribution in [0.15, 0.2) is 66.7 Å². The number of imidazole rings is 1. The Kier molecular flexibility index (Phi) is 5.89. The SMILES string of the molecule is NCC(O)c1cccc(C(=O)C(C(=O)c2cc(F)cc(F)c2)c2nc3ccccc3[nH]2)c1. The first-order valence-electron chi connectivity index (χ1n) is 9.84. The molecule has 6 nitrogen and oxygen atoms in total. The standard InChI is InChI=1S/C24H19F2N3O3/c25-16-9-15(10-17(26)11-16)23(32)21(24-28-18-6-1-2-7-19(18)29-24)22(31)14-5-3-4-13(8-14)20(30)12-27/h1-11,20-21,30H,12,27H2,(H,28,29). The molecule has 8 heteroatoms. The molecular weight excluding hydrogens is 416 g/mol. The number of nitrogens with zero attached hydrogens (tertiary/aromatic N) is 1. The summed E-state index contributed by atoms with van der Waals surface area (Å²) in [5, 5.41) is 10.0. The lowest BCUT2D eigenvalue weighted by Gasteiger charge is -2.15. The number of fused-ring (bicyclic) bond motifs is 1. The van der Waals surface area contributed by atoms with Crippen LogP contribution in [0.2, 0.25) is 0 Å². The highest BCUT2D eigenvalue weighted by Crippen LogP contribution is 2.27. The van der Waals surface area contributed by atoms with Crippen molar-refractivity contribution in [3.8, 4) is 0 Å². The normalized spacial score (nSPS) is 13.1. The van der Waals surface area contributed by atoms with Crippen LogP contribution in [-0.4, -0.2) is 33.2 Å². The highest BCUT2D eigenvalue weighted by atomic mass is 19.1. The first-order chi connectivity index (χ1) is 15.4. The predicted octanol–water partition coefficient (Wildman–Crippen LogP) is 3.68. The molecule has 4 N–H and O–H groups in total. The highest BCUT2D eigenvalue weighted by molar-refractivity contribution is 6.19. The number of Topliss-reactive ketones (excluding diaryl/α,β-unsaturated/α-hetero) is 2. The molecule has 0 spiro atoms. The van der Waals surface area contributed by atoms with Crippen LogP contribution in [0.25, 0.3) is 11.0 Å². The number of aliphatic hydroxyl groups excluding tert-OH is 1. The van der Waals surface area contributed by atoms with Crippen LogP contribution in [0, 0.1) is 11.6 Å². The zero-order chi connectivity index (χ0) is 22.8. The summed E-state index contributed by atoms with van der Waals surface area (Å²) in [6.07, 6.45) is -0.986. The van der Waals surface area contributed by atoms with Crippen molar-refractivity contribution in [1.82, 2.24) is 9.97 Å². The van der Waals surface area contributed by atoms with Gasteiger partial charge < -0.3 is 15.8 Å². The first-order valence-corrected chi connectivity index (χ1v) is 9.84. The van der Waals surface area contributed by atoms with Crippen LogP contribution in [0.4, 0.5) is 8.78 Å². The van der Waals surface area contributed by atoms with Gasteiger partial charge in [-0.2, -0.15) is 0 Å². The maximum atomic E-state index is 13.8. The van der Waals surface area contributed by atoms with E-state index >= 15 is 0 Å². The summed E-state index contributed by atoms with van der Waals surface area (Å²) < 4.78 is 27.6. The number of benzene rings is 3. The lowest BCUT2D eigenvalue weighted by molar-refractivity contribution is 0.0855. The van der Waals surface area contributed by atoms with Crippen molar-refractivity contribution in [3.05, 3.63) is 101 Å². The zero-order valence-corrected chi connectivity index (χ0v) is 16.8. The van der Waals surface area contributed by atoms with Crippen molar-refractivity contribution in [2.45, 2.75) is 12.0 Å². The van der Waals surface area contributed by atoms with Gasteiger partial charge in [-0.1, -0.05) is 30.3 Å². The van der Waals surface area contributed by atoms with Gasteiger partial charge in [-0.3, -0.25) is 9.59 Å². The topological polar surface area (TPSA) is 109 Å². The molecule has 0 fully saturated rings. The number of para-hydroxylation sites is 2. The minimum Gasteiger partial charge on any atom is -0.387 e. The van der Waals surface area contributed by atoms with E-state index < -0.39 is 35.2 Å². The molecule has 32 heavy (non-hydrogen) atoms. The number of aliphatic hydroxyl groups is 1. The van der Waals surface area contributed by atoms with Gasteiger partial charge in [0.05, 0.1) is 17.1 Å².